The molecule has 2 heterocycles. The van der Waals surface area contributed by atoms with Crippen LogP contribution in [0.15, 0.2) is 24.3 Å². The number of benzene rings is 1. The van der Waals surface area contributed by atoms with Crippen molar-refractivity contribution in [3.63, 3.8) is 0 Å². The lowest BCUT2D eigenvalue weighted by Gasteiger charge is -2.42. The Balaban J connectivity index is 1.85. The van der Waals surface area contributed by atoms with Crippen LogP contribution in [0.3, 0.4) is 0 Å². The zero-order valence-corrected chi connectivity index (χ0v) is 13.4. The third-order valence-electron chi connectivity index (χ3n) is 4.88. The molecule has 3 unspecified atom stereocenters. The van der Waals surface area contributed by atoms with Crippen LogP contribution in [-0.4, -0.2) is 62.2 Å². The van der Waals surface area contributed by atoms with Crippen LogP contribution in [-0.2, 0) is 0 Å². The highest BCUT2D eigenvalue weighted by Gasteiger charge is 2.36. The molecular weight excluding hydrogens is 262 g/mol. The van der Waals surface area contributed by atoms with Crippen molar-refractivity contribution >= 4 is 0 Å². The van der Waals surface area contributed by atoms with Crippen molar-refractivity contribution in [1.82, 2.24) is 15.1 Å². The Bertz CT molecular complexity index is 479. The predicted octanol–water partition coefficient (Wildman–Crippen LogP) is 1.73. The van der Waals surface area contributed by atoms with E-state index in [4.69, 9.17) is 4.74 Å². The molecule has 0 aliphatic carbocycles. The lowest BCUT2D eigenvalue weighted by Crippen LogP contribution is -2.53. The van der Waals surface area contributed by atoms with E-state index in [1.165, 1.54) is 18.5 Å². The lowest BCUT2D eigenvalue weighted by molar-refractivity contribution is 0.0609. The van der Waals surface area contributed by atoms with E-state index in [9.17, 15) is 0 Å². The third-order valence-corrected chi connectivity index (χ3v) is 4.88. The third kappa shape index (κ3) is 2.93. The predicted molar refractivity (Wildman–Crippen MR) is 85.8 cm³/mol. The maximum Gasteiger partial charge on any atom is 0.124 e. The number of nitrogens with zero attached hydrogens (tertiary/aromatic N) is 2. The second kappa shape index (κ2) is 6.34. The van der Waals surface area contributed by atoms with Crippen LogP contribution in [0.25, 0.3) is 0 Å². The molecule has 4 heteroatoms. The first-order chi connectivity index (χ1) is 10.2. The van der Waals surface area contributed by atoms with Gasteiger partial charge in [0.2, 0.25) is 0 Å². The van der Waals surface area contributed by atoms with Gasteiger partial charge >= 0.3 is 0 Å². The zero-order chi connectivity index (χ0) is 14.8. The molecule has 116 valence electrons. The van der Waals surface area contributed by atoms with Crippen molar-refractivity contribution in [2.24, 2.45) is 0 Å². The minimum atomic E-state index is 0.348. The number of fused-ring (bicyclic) bond motifs is 1. The van der Waals surface area contributed by atoms with Crippen LogP contribution in [0, 0.1) is 0 Å². The lowest BCUT2D eigenvalue weighted by atomic mass is 9.94. The molecule has 0 aromatic heterocycles. The maximum atomic E-state index is 6.04. The van der Waals surface area contributed by atoms with Gasteiger partial charge in [-0.2, -0.15) is 0 Å². The highest BCUT2D eigenvalue weighted by Crippen LogP contribution is 2.35. The molecular formula is C17H27N3O. The van der Waals surface area contributed by atoms with Gasteiger partial charge in [-0.3, -0.25) is 4.90 Å². The molecule has 0 spiro atoms. The Morgan fingerprint density at radius 2 is 2.05 bits per heavy atom. The number of ether oxygens (including phenoxy) is 1. The summed E-state index contributed by atoms with van der Waals surface area (Å²) in [7, 11) is 4.29. The summed E-state index contributed by atoms with van der Waals surface area (Å²) in [5.41, 5.74) is 1.29. The van der Waals surface area contributed by atoms with Crippen LogP contribution in [0.2, 0.25) is 0 Å². The Kier molecular flexibility index (Phi) is 4.48. The Labute approximate surface area is 128 Å². The monoisotopic (exact) mass is 289 g/mol. The summed E-state index contributed by atoms with van der Waals surface area (Å²) >= 11 is 0. The van der Waals surface area contributed by atoms with E-state index in [-0.39, 0.29) is 0 Å². The largest absolute Gasteiger partial charge is 0.492 e. The van der Waals surface area contributed by atoms with Crippen molar-refractivity contribution in [1.29, 1.82) is 0 Å². The number of hydrogen-bond acceptors (Lipinski definition) is 4. The van der Waals surface area contributed by atoms with Crippen molar-refractivity contribution in [2.75, 3.05) is 40.3 Å². The maximum absolute atomic E-state index is 6.04. The van der Waals surface area contributed by atoms with Gasteiger partial charge in [0.1, 0.15) is 12.4 Å². The van der Waals surface area contributed by atoms with Crippen LogP contribution in [0.5, 0.6) is 5.75 Å². The highest BCUT2D eigenvalue weighted by molar-refractivity contribution is 5.38. The first-order valence-electron chi connectivity index (χ1n) is 8.04. The van der Waals surface area contributed by atoms with E-state index in [0.717, 1.165) is 25.4 Å². The molecule has 1 saturated heterocycles. The second-order valence-corrected chi connectivity index (χ2v) is 6.39. The number of para-hydroxylation sites is 1. The average molecular weight is 289 g/mol. The smallest absolute Gasteiger partial charge is 0.124 e. The molecule has 0 saturated carbocycles. The van der Waals surface area contributed by atoms with Crippen LogP contribution in [0.1, 0.15) is 24.9 Å². The van der Waals surface area contributed by atoms with Gasteiger partial charge < -0.3 is 15.0 Å². The molecule has 1 N–H and O–H groups in total. The zero-order valence-electron chi connectivity index (χ0n) is 13.4. The van der Waals surface area contributed by atoms with Crippen molar-refractivity contribution in [3.05, 3.63) is 29.8 Å². The van der Waals surface area contributed by atoms with Crippen LogP contribution < -0.4 is 10.1 Å². The van der Waals surface area contributed by atoms with Gasteiger partial charge in [-0.05, 0) is 40.1 Å². The molecule has 2 aliphatic heterocycles. The molecule has 1 aromatic carbocycles. The van der Waals surface area contributed by atoms with Gasteiger partial charge in [-0.1, -0.05) is 18.2 Å². The quantitative estimate of drug-likeness (QED) is 0.897. The summed E-state index contributed by atoms with van der Waals surface area (Å²) in [5.74, 6) is 1.03. The van der Waals surface area contributed by atoms with E-state index in [1.54, 1.807) is 0 Å². The van der Waals surface area contributed by atoms with E-state index in [0.29, 0.717) is 18.1 Å². The van der Waals surface area contributed by atoms with E-state index in [1.807, 2.05) is 0 Å². The first-order valence-corrected chi connectivity index (χ1v) is 8.04. The summed E-state index contributed by atoms with van der Waals surface area (Å²) in [5, 5.41) is 3.52. The standard InChI is InChI=1S/C17H27N3O/c1-13-11-19(3)9-6-10-20(13)15-12-21-16-8-5-4-7-14(16)17(15)18-2/h4-5,7-8,13,15,17-18H,6,9-12H2,1-3H3. The van der Waals surface area contributed by atoms with Crippen molar-refractivity contribution in [2.45, 2.75) is 31.5 Å². The van der Waals surface area contributed by atoms with Gasteiger partial charge in [-0.25, -0.2) is 0 Å². The van der Waals surface area contributed by atoms with Crippen LogP contribution in [0.4, 0.5) is 0 Å². The molecule has 2 aliphatic rings. The van der Waals surface area contributed by atoms with E-state index < -0.39 is 0 Å². The summed E-state index contributed by atoms with van der Waals surface area (Å²) in [6.07, 6.45) is 1.23. The van der Waals surface area contributed by atoms with E-state index in [2.05, 4.69) is 60.4 Å². The normalized spacial score (nSPS) is 31.3. The van der Waals surface area contributed by atoms with E-state index >= 15 is 0 Å². The fraction of sp³-hybridized carbons (Fsp3) is 0.647. The van der Waals surface area contributed by atoms with Gasteiger partial charge in [0, 0.05) is 24.7 Å². The van der Waals surface area contributed by atoms with Crippen molar-refractivity contribution in [3.8, 4) is 5.75 Å². The molecule has 1 aromatic rings. The topological polar surface area (TPSA) is 27.7 Å². The fourth-order valence-electron chi connectivity index (χ4n) is 3.87. The Morgan fingerprint density at radius 3 is 2.86 bits per heavy atom. The molecule has 3 atom stereocenters. The number of hydrogen-bond donors (Lipinski definition) is 1. The van der Waals surface area contributed by atoms with Gasteiger partial charge in [0.25, 0.3) is 0 Å². The van der Waals surface area contributed by atoms with Crippen LogP contribution >= 0.6 is 0 Å². The average Bonchev–Trinajstić information content (AvgIpc) is 2.66. The Hall–Kier alpha value is -1.10. The summed E-state index contributed by atoms with van der Waals surface area (Å²) in [6.45, 7) is 6.59. The Morgan fingerprint density at radius 1 is 1.24 bits per heavy atom. The molecule has 1 fully saturated rings. The number of nitrogens with one attached hydrogen (secondary N) is 1. The first kappa shape index (κ1) is 14.8. The summed E-state index contributed by atoms with van der Waals surface area (Å²) in [4.78, 5) is 5.08. The van der Waals surface area contributed by atoms with Crippen molar-refractivity contribution < 1.29 is 4.74 Å². The second-order valence-electron chi connectivity index (χ2n) is 6.39. The molecule has 21 heavy (non-hydrogen) atoms. The number of likely N-dealkylation sites (N-methyl/N-ethyl adjacent to an activating group) is 2. The molecule has 0 radical (unpaired) electrons. The highest BCUT2D eigenvalue weighted by atomic mass is 16.5. The molecule has 0 amide bonds. The van der Waals surface area contributed by atoms with Gasteiger partial charge in [0.05, 0.1) is 12.1 Å². The molecule has 3 rings (SSSR count). The molecule has 4 nitrogen and oxygen atoms in total. The van der Waals surface area contributed by atoms with Gasteiger partial charge in [0.15, 0.2) is 0 Å². The summed E-state index contributed by atoms with van der Waals surface area (Å²) in [6, 6.07) is 9.75. The minimum Gasteiger partial charge on any atom is -0.492 e. The molecule has 0 bridgehead atoms. The van der Waals surface area contributed by atoms with Gasteiger partial charge in [-0.15, -0.1) is 0 Å². The number of rotatable bonds is 2. The SMILES string of the molecule is CNC1c2ccccc2OCC1N1CCCN(C)CC1C. The fourth-order valence-corrected chi connectivity index (χ4v) is 3.87. The minimum absolute atomic E-state index is 0.348. The summed E-state index contributed by atoms with van der Waals surface area (Å²) < 4.78 is 6.04.